The standard InChI is InChI=1S/C5H9ClN3/c6-5-3-8-9(4-5)2-1-7/h3-5H,1-2,7H2/q+1. The fourth-order valence-electron chi connectivity index (χ4n) is 0.655. The van der Waals surface area contributed by atoms with Gasteiger partial charge in [0.1, 0.15) is 0 Å². The second kappa shape index (κ2) is 2.94. The lowest BCUT2D eigenvalue weighted by molar-refractivity contribution is -0.523. The van der Waals surface area contributed by atoms with Gasteiger partial charge in [0.05, 0.1) is 12.8 Å². The van der Waals surface area contributed by atoms with E-state index in [-0.39, 0.29) is 5.38 Å². The minimum Gasteiger partial charge on any atom is -0.325 e. The summed E-state index contributed by atoms with van der Waals surface area (Å²) in [5, 5.41) is 3.90. The van der Waals surface area contributed by atoms with Gasteiger partial charge < -0.3 is 5.73 Å². The van der Waals surface area contributed by atoms with E-state index in [1.165, 1.54) is 0 Å². The highest BCUT2D eigenvalue weighted by atomic mass is 35.5. The third-order valence-electron chi connectivity index (χ3n) is 1.03. The molecule has 0 bridgehead atoms. The van der Waals surface area contributed by atoms with Crippen LogP contribution in [0.5, 0.6) is 0 Å². The van der Waals surface area contributed by atoms with Crippen molar-refractivity contribution in [3.8, 4) is 0 Å². The van der Waals surface area contributed by atoms with Gasteiger partial charge in [-0.05, 0) is 5.10 Å². The van der Waals surface area contributed by atoms with Crippen LogP contribution in [0.3, 0.4) is 0 Å². The monoisotopic (exact) mass is 146 g/mol. The van der Waals surface area contributed by atoms with Gasteiger partial charge in [-0.1, -0.05) is 4.68 Å². The molecule has 0 amide bonds. The van der Waals surface area contributed by atoms with Crippen molar-refractivity contribution >= 4 is 24.0 Å². The van der Waals surface area contributed by atoms with Gasteiger partial charge in [-0.25, -0.2) is 0 Å². The Morgan fingerprint density at radius 1 is 1.78 bits per heavy atom. The van der Waals surface area contributed by atoms with Crippen LogP contribution in [0.25, 0.3) is 0 Å². The van der Waals surface area contributed by atoms with E-state index in [2.05, 4.69) is 5.10 Å². The summed E-state index contributed by atoms with van der Waals surface area (Å²) < 4.78 is 1.75. The predicted molar refractivity (Wildman–Crippen MR) is 38.4 cm³/mol. The maximum atomic E-state index is 5.66. The Labute approximate surface area is 58.8 Å². The van der Waals surface area contributed by atoms with E-state index < -0.39 is 0 Å². The number of halogens is 1. The van der Waals surface area contributed by atoms with Crippen LogP contribution in [-0.2, 0) is 0 Å². The van der Waals surface area contributed by atoms with Crippen molar-refractivity contribution in [2.24, 2.45) is 10.8 Å². The average Bonchev–Trinajstić information content (AvgIpc) is 2.17. The third-order valence-corrected chi connectivity index (χ3v) is 1.26. The summed E-state index contributed by atoms with van der Waals surface area (Å²) in [5.41, 5.74) is 5.28. The fourth-order valence-corrected chi connectivity index (χ4v) is 0.836. The molecule has 0 aromatic carbocycles. The highest BCUT2D eigenvalue weighted by Gasteiger charge is 2.13. The molecule has 0 aromatic rings. The number of hydrogen-bond acceptors (Lipinski definition) is 2. The summed E-state index contributed by atoms with van der Waals surface area (Å²) in [6.07, 6.45) is 3.51. The van der Waals surface area contributed by atoms with Crippen LogP contribution >= 0.6 is 11.6 Å². The topological polar surface area (TPSA) is 41.4 Å². The fraction of sp³-hybridized carbons (Fsp3) is 0.600. The number of hydrazone groups is 1. The summed E-state index contributed by atoms with van der Waals surface area (Å²) in [7, 11) is 0. The van der Waals surface area contributed by atoms with E-state index in [0.29, 0.717) is 6.54 Å². The van der Waals surface area contributed by atoms with Crippen LogP contribution in [-0.4, -0.2) is 35.6 Å². The molecule has 0 spiro atoms. The van der Waals surface area contributed by atoms with E-state index in [1.807, 2.05) is 6.21 Å². The highest BCUT2D eigenvalue weighted by molar-refractivity contribution is 6.36. The first kappa shape index (κ1) is 6.71. The van der Waals surface area contributed by atoms with Gasteiger partial charge in [-0.15, -0.1) is 11.6 Å². The summed E-state index contributed by atoms with van der Waals surface area (Å²) in [5.74, 6) is 0. The lowest BCUT2D eigenvalue weighted by Crippen LogP contribution is -2.15. The molecule has 4 heteroatoms. The number of rotatable bonds is 2. The molecule has 1 rings (SSSR count). The molecule has 9 heavy (non-hydrogen) atoms. The first-order valence-corrected chi connectivity index (χ1v) is 3.26. The lowest BCUT2D eigenvalue weighted by atomic mass is 10.5. The summed E-state index contributed by atoms with van der Waals surface area (Å²) in [6, 6.07) is 0. The molecule has 1 unspecified atom stereocenters. The molecular weight excluding hydrogens is 138 g/mol. The zero-order chi connectivity index (χ0) is 6.69. The van der Waals surface area contributed by atoms with Gasteiger partial charge in [0.15, 0.2) is 18.1 Å². The quantitative estimate of drug-likeness (QED) is 0.420. The van der Waals surface area contributed by atoms with Crippen LogP contribution in [0.15, 0.2) is 5.10 Å². The maximum absolute atomic E-state index is 5.66. The minimum absolute atomic E-state index is 0.0449. The van der Waals surface area contributed by atoms with Crippen molar-refractivity contribution in [1.29, 1.82) is 0 Å². The molecule has 0 saturated heterocycles. The molecule has 0 aromatic heterocycles. The second-order valence-corrected chi connectivity index (χ2v) is 2.31. The molecule has 0 radical (unpaired) electrons. The van der Waals surface area contributed by atoms with Gasteiger partial charge in [0, 0.05) is 0 Å². The molecule has 50 valence electrons. The SMILES string of the molecule is NCC[N+]1=CC(Cl)C=N1. The van der Waals surface area contributed by atoms with Crippen LogP contribution in [0, 0.1) is 0 Å². The van der Waals surface area contributed by atoms with Gasteiger partial charge in [-0.3, -0.25) is 0 Å². The molecule has 1 aliphatic heterocycles. The zero-order valence-corrected chi connectivity index (χ0v) is 5.75. The molecule has 1 heterocycles. The molecule has 0 aliphatic carbocycles. The van der Waals surface area contributed by atoms with Crippen LogP contribution in [0.1, 0.15) is 0 Å². The van der Waals surface area contributed by atoms with Crippen LogP contribution in [0.2, 0.25) is 0 Å². The molecule has 0 saturated carbocycles. The summed E-state index contributed by atoms with van der Waals surface area (Å²) >= 11 is 5.66. The van der Waals surface area contributed by atoms with Crippen LogP contribution < -0.4 is 5.73 Å². The Morgan fingerprint density at radius 3 is 3.00 bits per heavy atom. The third kappa shape index (κ3) is 1.77. The van der Waals surface area contributed by atoms with Crippen molar-refractivity contribution in [2.75, 3.05) is 13.1 Å². The van der Waals surface area contributed by atoms with Crippen molar-refractivity contribution in [3.05, 3.63) is 0 Å². The van der Waals surface area contributed by atoms with Crippen molar-refractivity contribution in [2.45, 2.75) is 5.38 Å². The zero-order valence-electron chi connectivity index (χ0n) is 5.00. The molecule has 0 fully saturated rings. The molecule has 3 nitrogen and oxygen atoms in total. The van der Waals surface area contributed by atoms with E-state index in [0.717, 1.165) is 6.54 Å². The normalized spacial score (nSPS) is 24.7. The minimum atomic E-state index is -0.0449. The Morgan fingerprint density at radius 2 is 2.56 bits per heavy atom. The maximum Gasteiger partial charge on any atom is 0.196 e. The van der Waals surface area contributed by atoms with Crippen LogP contribution in [0.4, 0.5) is 0 Å². The Hall–Kier alpha value is -0.410. The summed E-state index contributed by atoms with van der Waals surface area (Å²) in [4.78, 5) is 0. The molecule has 1 atom stereocenters. The molecular formula is C5H9ClN3+. The van der Waals surface area contributed by atoms with Crippen molar-refractivity contribution < 1.29 is 4.68 Å². The number of alkyl halides is 1. The van der Waals surface area contributed by atoms with E-state index in [9.17, 15) is 0 Å². The van der Waals surface area contributed by atoms with Gasteiger partial charge >= 0.3 is 0 Å². The van der Waals surface area contributed by atoms with E-state index in [4.69, 9.17) is 17.3 Å². The molecule has 2 N–H and O–H groups in total. The largest absolute Gasteiger partial charge is 0.325 e. The van der Waals surface area contributed by atoms with Gasteiger partial charge in [0.25, 0.3) is 0 Å². The number of nitrogens with two attached hydrogens (primary N) is 1. The number of hydrogen-bond donors (Lipinski definition) is 1. The Kier molecular flexibility index (Phi) is 2.19. The summed E-state index contributed by atoms with van der Waals surface area (Å²) in [6.45, 7) is 1.36. The highest BCUT2D eigenvalue weighted by Crippen LogP contribution is 1.94. The smallest absolute Gasteiger partial charge is 0.196 e. The Balaban J connectivity index is 2.44. The first-order chi connectivity index (χ1) is 4.33. The van der Waals surface area contributed by atoms with Crippen molar-refractivity contribution in [1.82, 2.24) is 0 Å². The van der Waals surface area contributed by atoms with Gasteiger partial charge in [0.2, 0.25) is 0 Å². The first-order valence-electron chi connectivity index (χ1n) is 2.83. The van der Waals surface area contributed by atoms with Crippen molar-refractivity contribution in [3.63, 3.8) is 0 Å². The Bertz CT molecular complexity index is 152. The van der Waals surface area contributed by atoms with E-state index >= 15 is 0 Å². The lowest BCUT2D eigenvalue weighted by Gasteiger charge is -1.84. The molecule has 1 aliphatic rings. The number of nitrogens with zero attached hydrogens (tertiary/aromatic N) is 2. The predicted octanol–water partition coefficient (Wildman–Crippen LogP) is -0.365. The average molecular weight is 147 g/mol. The second-order valence-electron chi connectivity index (χ2n) is 1.81. The van der Waals surface area contributed by atoms with Gasteiger partial charge in [-0.2, -0.15) is 0 Å². The van der Waals surface area contributed by atoms with E-state index in [1.54, 1.807) is 10.9 Å².